The van der Waals surface area contributed by atoms with Crippen molar-refractivity contribution in [1.82, 2.24) is 0 Å². The second kappa shape index (κ2) is 66.3. The van der Waals surface area contributed by atoms with E-state index in [1.807, 2.05) is 0 Å². The van der Waals surface area contributed by atoms with Gasteiger partial charge in [-0.25, -0.2) is 0 Å². The topological polar surface area (TPSA) is 78.9 Å². The number of allylic oxidation sites excluding steroid dienone is 20. The van der Waals surface area contributed by atoms with Crippen LogP contribution >= 0.6 is 0 Å². The second-order valence-corrected chi connectivity index (χ2v) is 21.6. The SMILES string of the molecule is CC/C=C\C/C=C\C/C=C\C/C=C\CCCCCCCCCCCCC(=O)OC(COC(=O)CCCCC/C=C\C/C=C\C/C=C\CC)COC(=O)CCCCCCCCCCCC/C=C\C/C=C\C/C=C\CCCCCCC. The number of carbonyl (C=O) groups is 3. The zero-order valence-corrected chi connectivity index (χ0v) is 51.6. The molecule has 1 unspecified atom stereocenters. The van der Waals surface area contributed by atoms with Crippen LogP contribution in [0.15, 0.2) is 122 Å². The molecule has 0 saturated carbocycles. The summed E-state index contributed by atoms with van der Waals surface area (Å²) >= 11 is 0. The summed E-state index contributed by atoms with van der Waals surface area (Å²) in [4.78, 5) is 38.3. The summed E-state index contributed by atoms with van der Waals surface area (Å²) in [7, 11) is 0. The Labute approximate surface area is 488 Å². The lowest BCUT2D eigenvalue weighted by Crippen LogP contribution is -2.30. The number of carbonyl (C=O) groups excluding carboxylic acids is 3. The summed E-state index contributed by atoms with van der Waals surface area (Å²) in [5, 5.41) is 0. The summed E-state index contributed by atoms with van der Waals surface area (Å²) in [6.07, 6.45) is 92.1. The van der Waals surface area contributed by atoms with E-state index in [2.05, 4.69) is 142 Å². The second-order valence-electron chi connectivity index (χ2n) is 21.6. The lowest BCUT2D eigenvalue weighted by atomic mass is 10.0. The first-order valence-corrected chi connectivity index (χ1v) is 33.0. The molecule has 0 aliphatic carbocycles. The lowest BCUT2D eigenvalue weighted by molar-refractivity contribution is -0.167. The first-order valence-electron chi connectivity index (χ1n) is 33.0. The number of esters is 3. The summed E-state index contributed by atoms with van der Waals surface area (Å²) in [5.41, 5.74) is 0. The molecular formula is C73H122O6. The van der Waals surface area contributed by atoms with Crippen LogP contribution < -0.4 is 0 Å². The Morgan fingerprint density at radius 2 is 0.494 bits per heavy atom. The Hall–Kier alpha value is -4.19. The zero-order valence-electron chi connectivity index (χ0n) is 51.6. The van der Waals surface area contributed by atoms with Crippen molar-refractivity contribution in [1.29, 1.82) is 0 Å². The Kier molecular flexibility index (Phi) is 62.8. The van der Waals surface area contributed by atoms with Gasteiger partial charge in [-0.2, -0.15) is 0 Å². The molecule has 6 heteroatoms. The van der Waals surface area contributed by atoms with Crippen LogP contribution in [0.2, 0.25) is 0 Å². The van der Waals surface area contributed by atoms with Gasteiger partial charge in [-0.15, -0.1) is 0 Å². The normalized spacial score (nSPS) is 12.9. The fraction of sp³-hybridized carbons (Fsp3) is 0.685. The van der Waals surface area contributed by atoms with Gasteiger partial charge in [0, 0.05) is 19.3 Å². The Bertz CT molecular complexity index is 1640. The first-order chi connectivity index (χ1) is 39.0. The molecule has 0 aromatic carbocycles. The van der Waals surface area contributed by atoms with E-state index in [1.165, 1.54) is 141 Å². The molecular weight excluding hydrogens is 973 g/mol. The van der Waals surface area contributed by atoms with Gasteiger partial charge in [-0.05, 0) is 128 Å². The number of rotatable bonds is 59. The molecule has 0 heterocycles. The van der Waals surface area contributed by atoms with Crippen molar-refractivity contribution in [3.05, 3.63) is 122 Å². The van der Waals surface area contributed by atoms with Crippen LogP contribution in [0.4, 0.5) is 0 Å². The minimum Gasteiger partial charge on any atom is -0.462 e. The number of ether oxygens (including phenoxy) is 3. The Morgan fingerprint density at radius 1 is 0.266 bits per heavy atom. The average Bonchev–Trinajstić information content (AvgIpc) is 3.45. The van der Waals surface area contributed by atoms with Gasteiger partial charge in [-0.1, -0.05) is 277 Å². The molecule has 0 bridgehead atoms. The molecule has 0 spiro atoms. The predicted octanol–water partition coefficient (Wildman–Crippen LogP) is 22.8. The van der Waals surface area contributed by atoms with Gasteiger partial charge in [0.1, 0.15) is 13.2 Å². The van der Waals surface area contributed by atoms with Gasteiger partial charge < -0.3 is 14.2 Å². The number of hydrogen-bond acceptors (Lipinski definition) is 6. The van der Waals surface area contributed by atoms with E-state index < -0.39 is 6.10 Å². The molecule has 0 aliphatic rings. The van der Waals surface area contributed by atoms with E-state index in [1.54, 1.807) is 0 Å². The van der Waals surface area contributed by atoms with Gasteiger partial charge in [0.25, 0.3) is 0 Å². The fourth-order valence-electron chi connectivity index (χ4n) is 9.04. The van der Waals surface area contributed by atoms with Crippen molar-refractivity contribution in [2.75, 3.05) is 13.2 Å². The van der Waals surface area contributed by atoms with E-state index in [4.69, 9.17) is 14.2 Å². The molecule has 1 atom stereocenters. The quantitative estimate of drug-likeness (QED) is 0.0261. The van der Waals surface area contributed by atoms with E-state index in [9.17, 15) is 14.4 Å². The molecule has 6 nitrogen and oxygen atoms in total. The van der Waals surface area contributed by atoms with Crippen LogP contribution in [0.1, 0.15) is 303 Å². The van der Waals surface area contributed by atoms with Crippen molar-refractivity contribution in [2.45, 2.75) is 309 Å². The monoisotopic (exact) mass is 1090 g/mol. The molecule has 0 fully saturated rings. The summed E-state index contributed by atoms with van der Waals surface area (Å²) in [6.45, 7) is 6.39. The van der Waals surface area contributed by atoms with E-state index in [0.717, 1.165) is 122 Å². The molecule has 0 aromatic heterocycles. The molecule has 0 aromatic rings. The zero-order chi connectivity index (χ0) is 57.1. The van der Waals surface area contributed by atoms with Crippen LogP contribution in [0.3, 0.4) is 0 Å². The highest BCUT2D eigenvalue weighted by atomic mass is 16.6. The maximum Gasteiger partial charge on any atom is 0.306 e. The summed E-state index contributed by atoms with van der Waals surface area (Å²) < 4.78 is 16.9. The van der Waals surface area contributed by atoms with Crippen LogP contribution in [0.5, 0.6) is 0 Å². The molecule has 0 saturated heterocycles. The van der Waals surface area contributed by atoms with Crippen LogP contribution in [-0.4, -0.2) is 37.2 Å². The predicted molar refractivity (Wildman–Crippen MR) is 343 cm³/mol. The highest BCUT2D eigenvalue weighted by Gasteiger charge is 2.19. The van der Waals surface area contributed by atoms with Crippen LogP contribution in [0, 0.1) is 0 Å². The smallest absolute Gasteiger partial charge is 0.306 e. The highest BCUT2D eigenvalue weighted by Crippen LogP contribution is 2.16. The summed E-state index contributed by atoms with van der Waals surface area (Å²) in [5.74, 6) is -0.926. The standard InChI is InChI=1S/C73H122O6/c1-4-7-10-13-16-19-22-25-27-29-31-33-35-36-38-39-41-43-45-48-51-54-57-60-63-66-72(75)78-69-70(68-77-71(74)65-62-59-56-53-50-47-24-21-18-15-12-9-6-3)79-73(76)67-64-61-58-55-52-49-46-44-42-40-37-34-32-30-28-26-23-20-17-14-11-8-5-2/h8-9,11-12,17-18,20-22,25-26,28-29,31-32,34-36,47,50,70H,4-7,10,13-16,19,23-24,27,30,33,37-46,48-49,51-69H2,1-3H3/b11-8-,12-9-,20-17-,21-18-,25-22-,28-26-,31-29-,34-32-,36-35-,50-47-. The molecule has 0 amide bonds. The molecule has 0 rings (SSSR count). The molecule has 450 valence electrons. The number of unbranched alkanes of at least 4 members (excludes halogenated alkanes) is 28. The first kappa shape index (κ1) is 74.8. The highest BCUT2D eigenvalue weighted by molar-refractivity contribution is 5.71. The maximum atomic E-state index is 12.9. The molecule has 0 N–H and O–H groups in total. The van der Waals surface area contributed by atoms with Crippen LogP contribution in [-0.2, 0) is 28.6 Å². The number of hydrogen-bond donors (Lipinski definition) is 0. The van der Waals surface area contributed by atoms with Crippen molar-refractivity contribution >= 4 is 17.9 Å². The van der Waals surface area contributed by atoms with Gasteiger partial charge in [0.2, 0.25) is 0 Å². The average molecular weight is 1100 g/mol. The van der Waals surface area contributed by atoms with E-state index in [-0.39, 0.29) is 31.1 Å². The van der Waals surface area contributed by atoms with E-state index in [0.29, 0.717) is 19.3 Å². The maximum absolute atomic E-state index is 12.9. The third-order valence-electron chi connectivity index (χ3n) is 13.9. The van der Waals surface area contributed by atoms with Crippen LogP contribution in [0.25, 0.3) is 0 Å². The molecule has 0 radical (unpaired) electrons. The third kappa shape index (κ3) is 64.5. The molecule has 79 heavy (non-hydrogen) atoms. The third-order valence-corrected chi connectivity index (χ3v) is 13.9. The van der Waals surface area contributed by atoms with Gasteiger partial charge in [-0.3, -0.25) is 14.4 Å². The van der Waals surface area contributed by atoms with Crippen molar-refractivity contribution in [2.24, 2.45) is 0 Å². The van der Waals surface area contributed by atoms with Gasteiger partial charge in [0.15, 0.2) is 6.10 Å². The lowest BCUT2D eigenvalue weighted by Gasteiger charge is -2.18. The van der Waals surface area contributed by atoms with E-state index >= 15 is 0 Å². The minimum absolute atomic E-state index is 0.0929. The van der Waals surface area contributed by atoms with Gasteiger partial charge in [0.05, 0.1) is 0 Å². The fourth-order valence-corrected chi connectivity index (χ4v) is 9.04. The van der Waals surface area contributed by atoms with Crippen molar-refractivity contribution in [3.63, 3.8) is 0 Å². The molecule has 0 aliphatic heterocycles. The Balaban J connectivity index is 4.35. The van der Waals surface area contributed by atoms with Gasteiger partial charge >= 0.3 is 17.9 Å². The van der Waals surface area contributed by atoms with Crippen molar-refractivity contribution in [3.8, 4) is 0 Å². The van der Waals surface area contributed by atoms with Crippen molar-refractivity contribution < 1.29 is 28.6 Å². The minimum atomic E-state index is -0.799. The largest absolute Gasteiger partial charge is 0.462 e. The Morgan fingerprint density at radius 3 is 0.785 bits per heavy atom. The summed E-state index contributed by atoms with van der Waals surface area (Å²) in [6, 6.07) is 0.